The summed E-state index contributed by atoms with van der Waals surface area (Å²) >= 11 is 0. The predicted molar refractivity (Wildman–Crippen MR) is 160 cm³/mol. The van der Waals surface area contributed by atoms with Gasteiger partial charge in [0.25, 0.3) is 0 Å². The maximum atomic E-state index is 5.40. The minimum Gasteiger partial charge on any atom is -0.491 e. The van der Waals surface area contributed by atoms with Crippen LogP contribution in [0.15, 0.2) is 109 Å². The van der Waals surface area contributed by atoms with Crippen LogP contribution in [0.2, 0.25) is 0 Å². The van der Waals surface area contributed by atoms with Gasteiger partial charge in [0.2, 0.25) is 0 Å². The van der Waals surface area contributed by atoms with E-state index in [1.165, 1.54) is 27.8 Å². The predicted octanol–water partition coefficient (Wildman–Crippen LogP) is 8.14. The normalized spacial score (nSPS) is 16.7. The van der Waals surface area contributed by atoms with Crippen LogP contribution in [0, 0.1) is 0 Å². The van der Waals surface area contributed by atoms with Crippen molar-refractivity contribution in [2.45, 2.75) is 52.7 Å². The first-order valence-corrected chi connectivity index (χ1v) is 13.5. The molecular formula is C35H42O4. The Morgan fingerprint density at radius 3 is 1.51 bits per heavy atom. The standard InChI is InChI=1S/C16H18.2C9H10O2.CH4/c1-3-13-5-9-15(10-6-13)16-11-7-14(4-2)8-12-16;1-2-4-8(5-3-1)10-6-9-7-11-9;1-2-4-8(5-3-1)6-9-7-10-11-9;/h5-12H,3-4H2,1-2H3;2*1-5,9H,6-7H2;1H4. The number of para-hydroxylation sites is 1. The van der Waals surface area contributed by atoms with Crippen molar-refractivity contribution in [1.29, 1.82) is 0 Å². The minimum atomic E-state index is 0. The van der Waals surface area contributed by atoms with Crippen LogP contribution in [0.1, 0.15) is 38.0 Å². The van der Waals surface area contributed by atoms with Crippen LogP contribution in [0.5, 0.6) is 5.75 Å². The van der Waals surface area contributed by atoms with Gasteiger partial charge in [-0.15, -0.1) is 0 Å². The Balaban J connectivity index is 0.000000164. The summed E-state index contributed by atoms with van der Waals surface area (Å²) in [4.78, 5) is 9.44. The number of ether oxygens (including phenoxy) is 2. The van der Waals surface area contributed by atoms with E-state index in [0.29, 0.717) is 12.7 Å². The molecule has 39 heavy (non-hydrogen) atoms. The number of aryl methyl sites for hydroxylation is 2. The zero-order chi connectivity index (χ0) is 26.4. The fraction of sp³-hybridized carbons (Fsp3) is 0.314. The summed E-state index contributed by atoms with van der Waals surface area (Å²) in [6.45, 7) is 6.64. The molecule has 2 atom stereocenters. The zero-order valence-corrected chi connectivity index (χ0v) is 22.4. The van der Waals surface area contributed by atoms with Crippen molar-refractivity contribution >= 4 is 0 Å². The molecule has 6 rings (SSSR count). The quantitative estimate of drug-likeness (QED) is 0.172. The summed E-state index contributed by atoms with van der Waals surface area (Å²) in [6, 6.07) is 37.8. The Labute approximate surface area is 234 Å². The SMILES string of the molecule is C.CCc1ccc(-c2ccc(CC)cc2)cc1.c1ccc(CC2COO2)cc1.c1ccc(OCC2CO2)cc1. The van der Waals surface area contributed by atoms with Crippen LogP contribution in [0.4, 0.5) is 0 Å². The number of rotatable bonds is 8. The molecule has 4 aromatic rings. The molecule has 2 aliphatic rings. The first kappa shape index (κ1) is 30.1. The van der Waals surface area contributed by atoms with E-state index in [9.17, 15) is 0 Å². The van der Waals surface area contributed by atoms with E-state index >= 15 is 0 Å². The van der Waals surface area contributed by atoms with Crippen LogP contribution in [-0.4, -0.2) is 32.0 Å². The third kappa shape index (κ3) is 10.7. The van der Waals surface area contributed by atoms with E-state index in [0.717, 1.165) is 38.2 Å². The molecule has 0 radical (unpaired) electrons. The Hall–Kier alpha value is -3.44. The Kier molecular flexibility index (Phi) is 12.7. The molecule has 0 N–H and O–H groups in total. The summed E-state index contributed by atoms with van der Waals surface area (Å²) in [5.41, 5.74) is 6.71. The number of hydrogen-bond donors (Lipinski definition) is 0. The van der Waals surface area contributed by atoms with E-state index in [1.54, 1.807) is 0 Å². The van der Waals surface area contributed by atoms with Gasteiger partial charge in [0.1, 0.15) is 31.2 Å². The van der Waals surface area contributed by atoms with E-state index in [1.807, 2.05) is 48.5 Å². The van der Waals surface area contributed by atoms with Crippen molar-refractivity contribution in [2.75, 3.05) is 19.8 Å². The second-order valence-corrected chi connectivity index (χ2v) is 9.37. The van der Waals surface area contributed by atoms with Crippen molar-refractivity contribution in [2.24, 2.45) is 0 Å². The summed E-state index contributed by atoms with van der Waals surface area (Å²) < 4.78 is 10.4. The molecule has 0 bridgehead atoms. The number of epoxide rings is 1. The molecule has 0 aromatic heterocycles. The first-order chi connectivity index (χ1) is 18.7. The molecule has 2 aliphatic heterocycles. The highest BCUT2D eigenvalue weighted by atomic mass is 17.2. The lowest BCUT2D eigenvalue weighted by molar-refractivity contribution is -0.423. The monoisotopic (exact) mass is 526 g/mol. The molecule has 2 saturated heterocycles. The molecule has 0 saturated carbocycles. The van der Waals surface area contributed by atoms with Crippen molar-refractivity contribution in [3.05, 3.63) is 126 Å². The van der Waals surface area contributed by atoms with Gasteiger partial charge < -0.3 is 9.47 Å². The fourth-order valence-corrected chi connectivity index (χ4v) is 3.87. The van der Waals surface area contributed by atoms with Gasteiger partial charge in [0, 0.05) is 6.42 Å². The average molecular weight is 527 g/mol. The average Bonchev–Trinajstić information content (AvgIpc) is 3.81. The molecule has 4 heteroatoms. The molecular weight excluding hydrogens is 484 g/mol. The van der Waals surface area contributed by atoms with Gasteiger partial charge in [-0.2, -0.15) is 0 Å². The topological polar surface area (TPSA) is 40.2 Å². The molecule has 206 valence electrons. The molecule has 0 amide bonds. The third-order valence-corrected chi connectivity index (χ3v) is 6.40. The lowest BCUT2D eigenvalue weighted by atomic mass is 10.0. The highest BCUT2D eigenvalue weighted by Crippen LogP contribution is 2.21. The van der Waals surface area contributed by atoms with E-state index < -0.39 is 0 Å². The molecule has 2 unspecified atom stereocenters. The second kappa shape index (κ2) is 16.5. The lowest BCUT2D eigenvalue weighted by Gasteiger charge is -2.24. The molecule has 0 spiro atoms. The fourth-order valence-electron chi connectivity index (χ4n) is 3.87. The summed E-state index contributed by atoms with van der Waals surface area (Å²) in [7, 11) is 0. The smallest absolute Gasteiger partial charge is 0.123 e. The lowest BCUT2D eigenvalue weighted by Crippen LogP contribution is -2.32. The van der Waals surface area contributed by atoms with E-state index in [-0.39, 0.29) is 13.5 Å². The van der Waals surface area contributed by atoms with Crippen LogP contribution in [0.3, 0.4) is 0 Å². The Morgan fingerprint density at radius 1 is 0.615 bits per heavy atom. The molecule has 2 heterocycles. The van der Waals surface area contributed by atoms with Gasteiger partial charge in [0.05, 0.1) is 6.61 Å². The van der Waals surface area contributed by atoms with E-state index in [4.69, 9.17) is 14.4 Å². The molecule has 0 aliphatic carbocycles. The second-order valence-electron chi connectivity index (χ2n) is 9.37. The highest BCUT2D eigenvalue weighted by molar-refractivity contribution is 5.63. The van der Waals surface area contributed by atoms with Crippen molar-refractivity contribution < 1.29 is 19.2 Å². The van der Waals surface area contributed by atoms with Gasteiger partial charge in [-0.3, -0.25) is 0 Å². The highest BCUT2D eigenvalue weighted by Gasteiger charge is 2.22. The van der Waals surface area contributed by atoms with Gasteiger partial charge >= 0.3 is 0 Å². The van der Waals surface area contributed by atoms with Crippen molar-refractivity contribution in [1.82, 2.24) is 0 Å². The molecule has 4 nitrogen and oxygen atoms in total. The summed E-state index contributed by atoms with van der Waals surface area (Å²) in [6.07, 6.45) is 3.79. The zero-order valence-electron chi connectivity index (χ0n) is 22.4. The van der Waals surface area contributed by atoms with Crippen LogP contribution >= 0.6 is 0 Å². The number of hydrogen-bond acceptors (Lipinski definition) is 4. The first-order valence-electron chi connectivity index (χ1n) is 13.5. The van der Waals surface area contributed by atoms with Gasteiger partial charge in [-0.25, -0.2) is 9.78 Å². The minimum absolute atomic E-state index is 0. The van der Waals surface area contributed by atoms with Gasteiger partial charge in [-0.05, 0) is 52.8 Å². The summed E-state index contributed by atoms with van der Waals surface area (Å²) in [5.74, 6) is 0.919. The molecule has 2 fully saturated rings. The van der Waals surface area contributed by atoms with Gasteiger partial charge in [-0.1, -0.05) is 118 Å². The third-order valence-electron chi connectivity index (χ3n) is 6.40. The Morgan fingerprint density at radius 2 is 1.10 bits per heavy atom. The van der Waals surface area contributed by atoms with Crippen LogP contribution in [-0.2, 0) is 33.8 Å². The Bertz CT molecular complexity index is 1120. The largest absolute Gasteiger partial charge is 0.491 e. The molecule has 4 aromatic carbocycles. The van der Waals surface area contributed by atoms with E-state index in [2.05, 4.69) is 79.4 Å². The van der Waals surface area contributed by atoms with Crippen molar-refractivity contribution in [3.8, 4) is 16.9 Å². The maximum absolute atomic E-state index is 5.40. The van der Waals surface area contributed by atoms with Crippen LogP contribution < -0.4 is 4.74 Å². The summed E-state index contributed by atoms with van der Waals surface area (Å²) in [5, 5.41) is 0. The van der Waals surface area contributed by atoms with Gasteiger partial charge in [0.15, 0.2) is 0 Å². The van der Waals surface area contributed by atoms with Crippen molar-refractivity contribution in [3.63, 3.8) is 0 Å². The van der Waals surface area contributed by atoms with Crippen LogP contribution in [0.25, 0.3) is 11.1 Å². The maximum Gasteiger partial charge on any atom is 0.123 e. The number of benzene rings is 4.